The van der Waals surface area contributed by atoms with Crippen molar-refractivity contribution in [3.63, 3.8) is 0 Å². The molecule has 80 valence electrons. The van der Waals surface area contributed by atoms with Crippen LogP contribution in [0.3, 0.4) is 0 Å². The minimum atomic E-state index is 0.892. The molecule has 1 saturated heterocycles. The van der Waals surface area contributed by atoms with Gasteiger partial charge in [0.1, 0.15) is 0 Å². The molecule has 3 fully saturated rings. The molecule has 14 heavy (non-hydrogen) atoms. The number of hydrogen-bond acceptors (Lipinski definition) is 2. The molecule has 1 N–H and O–H groups in total. The summed E-state index contributed by atoms with van der Waals surface area (Å²) in [4.78, 5) is 2.73. The molecule has 0 bridgehead atoms. The Labute approximate surface area is 87.0 Å². The van der Waals surface area contributed by atoms with Crippen LogP contribution >= 0.6 is 0 Å². The molecule has 0 aromatic heterocycles. The smallest absolute Gasteiger partial charge is 0.0125 e. The third-order valence-corrected chi connectivity index (χ3v) is 4.13. The van der Waals surface area contributed by atoms with E-state index < -0.39 is 0 Å². The molecule has 0 radical (unpaired) electrons. The lowest BCUT2D eigenvalue weighted by Gasteiger charge is -2.15. The second-order valence-corrected chi connectivity index (χ2v) is 5.61. The SMILES string of the molecule is CC1CC1N1CCC(CNC2CC2)C1. The van der Waals surface area contributed by atoms with Crippen molar-refractivity contribution in [1.29, 1.82) is 0 Å². The molecule has 0 aromatic rings. The molecule has 2 nitrogen and oxygen atoms in total. The van der Waals surface area contributed by atoms with E-state index in [1.54, 1.807) is 0 Å². The van der Waals surface area contributed by atoms with Crippen LogP contribution in [-0.2, 0) is 0 Å². The zero-order chi connectivity index (χ0) is 9.54. The summed E-state index contributed by atoms with van der Waals surface area (Å²) in [6, 6.07) is 1.85. The first-order valence-electron chi connectivity index (χ1n) is 6.30. The standard InChI is InChI=1S/C12H22N2/c1-9-6-12(9)14-5-4-10(8-14)7-13-11-2-3-11/h9-13H,2-8H2,1H3. The third-order valence-electron chi connectivity index (χ3n) is 4.13. The van der Waals surface area contributed by atoms with Gasteiger partial charge < -0.3 is 5.32 Å². The molecule has 2 aliphatic carbocycles. The van der Waals surface area contributed by atoms with E-state index in [2.05, 4.69) is 17.1 Å². The van der Waals surface area contributed by atoms with Gasteiger partial charge in [0.05, 0.1) is 0 Å². The van der Waals surface area contributed by atoms with Gasteiger partial charge in [-0.2, -0.15) is 0 Å². The molecule has 2 heteroatoms. The topological polar surface area (TPSA) is 15.3 Å². The first-order chi connectivity index (χ1) is 6.83. The highest BCUT2D eigenvalue weighted by Crippen LogP contribution is 2.37. The van der Waals surface area contributed by atoms with E-state index in [-0.39, 0.29) is 0 Å². The molecule has 3 aliphatic rings. The van der Waals surface area contributed by atoms with Crippen molar-refractivity contribution < 1.29 is 0 Å². The maximum absolute atomic E-state index is 3.66. The van der Waals surface area contributed by atoms with Gasteiger partial charge in [0.25, 0.3) is 0 Å². The van der Waals surface area contributed by atoms with Crippen LogP contribution in [0.15, 0.2) is 0 Å². The molecule has 3 unspecified atom stereocenters. The predicted octanol–water partition coefficient (Wildman–Crippen LogP) is 1.47. The summed E-state index contributed by atoms with van der Waals surface area (Å²) in [6.45, 7) is 6.41. The minimum absolute atomic E-state index is 0.892. The van der Waals surface area contributed by atoms with Crippen molar-refractivity contribution in [2.24, 2.45) is 11.8 Å². The van der Waals surface area contributed by atoms with Gasteiger partial charge in [0, 0.05) is 18.6 Å². The van der Waals surface area contributed by atoms with Crippen LogP contribution in [0.25, 0.3) is 0 Å². The van der Waals surface area contributed by atoms with E-state index in [9.17, 15) is 0 Å². The molecule has 2 saturated carbocycles. The van der Waals surface area contributed by atoms with Crippen LogP contribution in [0.1, 0.15) is 32.6 Å². The Morgan fingerprint density at radius 2 is 2.07 bits per heavy atom. The molecule has 3 rings (SSSR count). The molecule has 0 spiro atoms. The Hall–Kier alpha value is -0.0800. The Bertz CT molecular complexity index is 212. The summed E-state index contributed by atoms with van der Waals surface area (Å²) in [5.74, 6) is 1.94. The zero-order valence-electron chi connectivity index (χ0n) is 9.21. The average Bonchev–Trinajstić information content (AvgIpc) is 3.07. The van der Waals surface area contributed by atoms with Crippen molar-refractivity contribution in [3.8, 4) is 0 Å². The molecule has 1 heterocycles. The van der Waals surface area contributed by atoms with Gasteiger partial charge in [-0.1, -0.05) is 6.92 Å². The summed E-state index contributed by atoms with van der Waals surface area (Å²) in [7, 11) is 0. The van der Waals surface area contributed by atoms with Gasteiger partial charge >= 0.3 is 0 Å². The van der Waals surface area contributed by atoms with Gasteiger partial charge in [0.2, 0.25) is 0 Å². The van der Waals surface area contributed by atoms with Crippen LogP contribution in [0.2, 0.25) is 0 Å². The fourth-order valence-electron chi connectivity index (χ4n) is 2.76. The van der Waals surface area contributed by atoms with Gasteiger partial charge in [0.15, 0.2) is 0 Å². The van der Waals surface area contributed by atoms with Crippen molar-refractivity contribution in [1.82, 2.24) is 10.2 Å². The van der Waals surface area contributed by atoms with Crippen LogP contribution in [0.5, 0.6) is 0 Å². The van der Waals surface area contributed by atoms with Gasteiger partial charge in [-0.3, -0.25) is 4.90 Å². The largest absolute Gasteiger partial charge is 0.314 e. The van der Waals surface area contributed by atoms with Gasteiger partial charge in [-0.25, -0.2) is 0 Å². The van der Waals surface area contributed by atoms with Crippen LogP contribution in [0.4, 0.5) is 0 Å². The fraction of sp³-hybridized carbons (Fsp3) is 1.00. The lowest BCUT2D eigenvalue weighted by molar-refractivity contribution is 0.300. The highest BCUT2D eigenvalue weighted by molar-refractivity contribution is 4.95. The van der Waals surface area contributed by atoms with Crippen LogP contribution < -0.4 is 5.32 Å². The number of likely N-dealkylation sites (tertiary alicyclic amines) is 1. The van der Waals surface area contributed by atoms with E-state index in [1.165, 1.54) is 45.3 Å². The normalized spacial score (nSPS) is 43.1. The van der Waals surface area contributed by atoms with Crippen molar-refractivity contribution in [2.75, 3.05) is 19.6 Å². The molecule has 3 atom stereocenters. The third kappa shape index (κ3) is 1.96. The van der Waals surface area contributed by atoms with E-state index in [0.29, 0.717) is 0 Å². The summed E-state index contributed by atoms with van der Waals surface area (Å²) < 4.78 is 0. The predicted molar refractivity (Wildman–Crippen MR) is 58.3 cm³/mol. The van der Waals surface area contributed by atoms with E-state index in [4.69, 9.17) is 0 Å². The van der Waals surface area contributed by atoms with Gasteiger partial charge in [-0.05, 0) is 50.6 Å². The average molecular weight is 194 g/mol. The Balaban J connectivity index is 1.40. The highest BCUT2D eigenvalue weighted by Gasteiger charge is 2.40. The maximum atomic E-state index is 3.66. The van der Waals surface area contributed by atoms with E-state index >= 15 is 0 Å². The summed E-state index contributed by atoms with van der Waals surface area (Å²) in [5, 5.41) is 3.66. The molecule has 0 aromatic carbocycles. The van der Waals surface area contributed by atoms with Crippen molar-refractivity contribution in [3.05, 3.63) is 0 Å². The highest BCUT2D eigenvalue weighted by atomic mass is 15.2. The Morgan fingerprint density at radius 3 is 2.71 bits per heavy atom. The first-order valence-corrected chi connectivity index (χ1v) is 6.30. The fourth-order valence-corrected chi connectivity index (χ4v) is 2.76. The van der Waals surface area contributed by atoms with Gasteiger partial charge in [-0.15, -0.1) is 0 Å². The second-order valence-electron chi connectivity index (χ2n) is 5.61. The summed E-state index contributed by atoms with van der Waals surface area (Å²) in [5.41, 5.74) is 0. The molecular weight excluding hydrogens is 172 g/mol. The van der Waals surface area contributed by atoms with Crippen molar-refractivity contribution >= 4 is 0 Å². The number of rotatable bonds is 4. The Morgan fingerprint density at radius 1 is 1.29 bits per heavy atom. The second kappa shape index (κ2) is 3.49. The number of nitrogens with zero attached hydrogens (tertiary/aromatic N) is 1. The van der Waals surface area contributed by atoms with Crippen LogP contribution in [-0.4, -0.2) is 36.6 Å². The van der Waals surface area contributed by atoms with Crippen LogP contribution in [0, 0.1) is 11.8 Å². The maximum Gasteiger partial charge on any atom is 0.0125 e. The Kier molecular flexibility index (Phi) is 2.29. The van der Waals surface area contributed by atoms with E-state index in [1.807, 2.05) is 0 Å². The first kappa shape index (κ1) is 9.17. The molecule has 1 aliphatic heterocycles. The van der Waals surface area contributed by atoms with Crippen molar-refractivity contribution in [2.45, 2.75) is 44.7 Å². The lowest BCUT2D eigenvalue weighted by Crippen LogP contribution is -2.29. The monoisotopic (exact) mass is 194 g/mol. The van der Waals surface area contributed by atoms with E-state index in [0.717, 1.165) is 23.9 Å². The number of nitrogens with one attached hydrogen (secondary N) is 1. The quantitative estimate of drug-likeness (QED) is 0.729. The zero-order valence-corrected chi connectivity index (χ0v) is 9.21. The molecule has 0 amide bonds. The lowest BCUT2D eigenvalue weighted by atomic mass is 10.1. The summed E-state index contributed by atoms with van der Waals surface area (Å²) >= 11 is 0. The molecular formula is C12H22N2. The minimum Gasteiger partial charge on any atom is -0.314 e. The summed E-state index contributed by atoms with van der Waals surface area (Å²) in [6.07, 6.45) is 5.75. The number of hydrogen-bond donors (Lipinski definition) is 1.